The number of fused-ring (bicyclic) bond motifs is 1. The molecule has 0 spiro atoms. The van der Waals surface area contributed by atoms with E-state index < -0.39 is 0 Å². The standard InChI is InChI=1S/C15H17N5/c1-11-4-3-5-17-14(11)9-16-7-13-8-18-15-6-12(2)19-20(15)10-13/h3-6,8,10,16H,7,9H2,1-2H3. The average Bonchev–Trinajstić information content (AvgIpc) is 2.80. The van der Waals surface area contributed by atoms with Gasteiger partial charge >= 0.3 is 0 Å². The van der Waals surface area contributed by atoms with Gasteiger partial charge in [-0.2, -0.15) is 5.10 Å². The Labute approximate surface area is 117 Å². The molecule has 1 N–H and O–H groups in total. The number of nitrogens with zero attached hydrogens (tertiary/aromatic N) is 4. The van der Waals surface area contributed by atoms with Gasteiger partial charge in [0.05, 0.1) is 11.4 Å². The van der Waals surface area contributed by atoms with E-state index in [9.17, 15) is 0 Å². The second-order valence-corrected chi connectivity index (χ2v) is 4.92. The van der Waals surface area contributed by atoms with Crippen LogP contribution in [0.15, 0.2) is 36.8 Å². The molecule has 0 atom stereocenters. The molecule has 0 aliphatic heterocycles. The van der Waals surface area contributed by atoms with Crippen molar-refractivity contribution < 1.29 is 0 Å². The summed E-state index contributed by atoms with van der Waals surface area (Å²) in [5, 5.41) is 7.75. The quantitative estimate of drug-likeness (QED) is 0.786. The highest BCUT2D eigenvalue weighted by atomic mass is 15.2. The number of hydrogen-bond donors (Lipinski definition) is 1. The predicted octanol–water partition coefficient (Wildman–Crippen LogP) is 2.03. The van der Waals surface area contributed by atoms with Crippen LogP contribution in [0.25, 0.3) is 5.65 Å². The van der Waals surface area contributed by atoms with Crippen LogP contribution in [0.5, 0.6) is 0 Å². The molecule has 20 heavy (non-hydrogen) atoms. The molecule has 0 amide bonds. The second-order valence-electron chi connectivity index (χ2n) is 4.92. The van der Waals surface area contributed by atoms with Crippen molar-refractivity contribution in [2.75, 3.05) is 0 Å². The van der Waals surface area contributed by atoms with Gasteiger partial charge in [-0.05, 0) is 25.5 Å². The largest absolute Gasteiger partial charge is 0.307 e. The van der Waals surface area contributed by atoms with Gasteiger partial charge in [-0.25, -0.2) is 9.50 Å². The molecule has 3 heterocycles. The van der Waals surface area contributed by atoms with Crippen LogP contribution >= 0.6 is 0 Å². The summed E-state index contributed by atoms with van der Waals surface area (Å²) >= 11 is 0. The number of pyridine rings is 1. The third-order valence-electron chi connectivity index (χ3n) is 3.23. The van der Waals surface area contributed by atoms with Crippen LogP contribution in [0.2, 0.25) is 0 Å². The maximum atomic E-state index is 4.39. The molecular formula is C15H17N5. The molecule has 0 fully saturated rings. The van der Waals surface area contributed by atoms with Gasteiger partial charge in [-0.1, -0.05) is 6.07 Å². The summed E-state index contributed by atoms with van der Waals surface area (Å²) in [6.07, 6.45) is 5.71. The van der Waals surface area contributed by atoms with Gasteiger partial charge in [-0.15, -0.1) is 0 Å². The van der Waals surface area contributed by atoms with Gasteiger partial charge in [0.2, 0.25) is 0 Å². The maximum Gasteiger partial charge on any atom is 0.155 e. The molecule has 0 aliphatic carbocycles. The Morgan fingerprint density at radius 3 is 2.95 bits per heavy atom. The van der Waals surface area contributed by atoms with Gasteiger partial charge in [0.1, 0.15) is 0 Å². The van der Waals surface area contributed by atoms with Gasteiger partial charge < -0.3 is 5.32 Å². The molecule has 0 saturated heterocycles. The Bertz CT molecular complexity index is 732. The van der Waals surface area contributed by atoms with Crippen LogP contribution in [0, 0.1) is 13.8 Å². The number of aryl methyl sites for hydroxylation is 2. The number of aromatic nitrogens is 4. The van der Waals surface area contributed by atoms with Crippen molar-refractivity contribution >= 4 is 5.65 Å². The van der Waals surface area contributed by atoms with Gasteiger partial charge in [0.25, 0.3) is 0 Å². The summed E-state index contributed by atoms with van der Waals surface area (Å²) in [7, 11) is 0. The Morgan fingerprint density at radius 2 is 2.10 bits per heavy atom. The summed E-state index contributed by atoms with van der Waals surface area (Å²) < 4.78 is 1.82. The van der Waals surface area contributed by atoms with Crippen LogP contribution in [0.1, 0.15) is 22.5 Å². The number of hydrogen-bond acceptors (Lipinski definition) is 4. The first-order chi connectivity index (χ1) is 9.72. The van der Waals surface area contributed by atoms with Crippen LogP contribution in [-0.4, -0.2) is 19.6 Å². The second kappa shape index (κ2) is 5.38. The molecule has 3 aromatic rings. The molecule has 5 heteroatoms. The van der Waals surface area contributed by atoms with E-state index >= 15 is 0 Å². The smallest absolute Gasteiger partial charge is 0.155 e. The van der Waals surface area contributed by atoms with E-state index in [-0.39, 0.29) is 0 Å². The lowest BCUT2D eigenvalue weighted by molar-refractivity contribution is 0.670. The highest BCUT2D eigenvalue weighted by Gasteiger charge is 2.02. The highest BCUT2D eigenvalue weighted by Crippen LogP contribution is 2.06. The minimum absolute atomic E-state index is 0.748. The zero-order valence-corrected chi connectivity index (χ0v) is 11.7. The van der Waals surface area contributed by atoms with E-state index in [2.05, 4.69) is 33.4 Å². The zero-order valence-electron chi connectivity index (χ0n) is 11.7. The van der Waals surface area contributed by atoms with Gasteiger partial charge in [0.15, 0.2) is 5.65 Å². The summed E-state index contributed by atoms with van der Waals surface area (Å²) in [5.41, 5.74) is 5.25. The van der Waals surface area contributed by atoms with Crippen LogP contribution in [0.4, 0.5) is 0 Å². The molecule has 0 unspecified atom stereocenters. The lowest BCUT2D eigenvalue weighted by atomic mass is 10.2. The topological polar surface area (TPSA) is 55.1 Å². The lowest BCUT2D eigenvalue weighted by Crippen LogP contribution is -2.15. The van der Waals surface area contributed by atoms with Gasteiger partial charge in [0, 0.05) is 43.3 Å². The Balaban J connectivity index is 1.66. The molecule has 0 saturated carbocycles. The SMILES string of the molecule is Cc1cc2ncc(CNCc3ncccc3C)cn2n1. The predicted molar refractivity (Wildman–Crippen MR) is 77.2 cm³/mol. The monoisotopic (exact) mass is 267 g/mol. The minimum atomic E-state index is 0.748. The van der Waals surface area contributed by atoms with E-state index in [1.807, 2.05) is 42.2 Å². The minimum Gasteiger partial charge on any atom is -0.307 e. The summed E-state index contributed by atoms with van der Waals surface area (Å²) in [5.74, 6) is 0. The third kappa shape index (κ3) is 2.67. The van der Waals surface area contributed by atoms with Crippen molar-refractivity contribution in [2.24, 2.45) is 0 Å². The zero-order chi connectivity index (χ0) is 13.9. The molecule has 102 valence electrons. The summed E-state index contributed by atoms with van der Waals surface area (Å²) in [6, 6.07) is 6.00. The van der Waals surface area contributed by atoms with Crippen molar-refractivity contribution in [1.29, 1.82) is 0 Å². The number of rotatable bonds is 4. The van der Waals surface area contributed by atoms with E-state index in [0.717, 1.165) is 35.7 Å². The molecule has 0 aromatic carbocycles. The van der Waals surface area contributed by atoms with Crippen molar-refractivity contribution in [3.05, 3.63) is 59.3 Å². The van der Waals surface area contributed by atoms with Crippen molar-refractivity contribution in [2.45, 2.75) is 26.9 Å². The van der Waals surface area contributed by atoms with E-state index in [4.69, 9.17) is 0 Å². The fraction of sp³-hybridized carbons (Fsp3) is 0.267. The Kier molecular flexibility index (Phi) is 3.43. The first kappa shape index (κ1) is 12.7. The van der Waals surface area contributed by atoms with Crippen molar-refractivity contribution in [1.82, 2.24) is 24.9 Å². The first-order valence-electron chi connectivity index (χ1n) is 6.64. The normalized spacial score (nSPS) is 11.1. The summed E-state index contributed by atoms with van der Waals surface area (Å²) in [6.45, 7) is 5.54. The molecular weight excluding hydrogens is 250 g/mol. The van der Waals surface area contributed by atoms with E-state index in [1.165, 1.54) is 5.56 Å². The molecule has 0 bridgehead atoms. The van der Waals surface area contributed by atoms with Crippen molar-refractivity contribution in [3.8, 4) is 0 Å². The summed E-state index contributed by atoms with van der Waals surface area (Å²) in [4.78, 5) is 8.76. The molecule has 3 rings (SSSR count). The van der Waals surface area contributed by atoms with E-state index in [1.54, 1.807) is 0 Å². The fourth-order valence-corrected chi connectivity index (χ4v) is 2.15. The van der Waals surface area contributed by atoms with Crippen molar-refractivity contribution in [3.63, 3.8) is 0 Å². The molecule has 0 radical (unpaired) electrons. The average molecular weight is 267 g/mol. The van der Waals surface area contributed by atoms with Crippen LogP contribution < -0.4 is 5.32 Å². The van der Waals surface area contributed by atoms with Gasteiger partial charge in [-0.3, -0.25) is 4.98 Å². The lowest BCUT2D eigenvalue weighted by Gasteiger charge is -2.06. The van der Waals surface area contributed by atoms with E-state index in [0.29, 0.717) is 0 Å². The third-order valence-corrected chi connectivity index (χ3v) is 3.23. The highest BCUT2D eigenvalue weighted by molar-refractivity contribution is 5.38. The first-order valence-corrected chi connectivity index (χ1v) is 6.64. The Morgan fingerprint density at radius 1 is 1.20 bits per heavy atom. The van der Waals surface area contributed by atoms with Crippen LogP contribution in [0.3, 0.4) is 0 Å². The fourth-order valence-electron chi connectivity index (χ4n) is 2.15. The molecule has 5 nitrogen and oxygen atoms in total. The number of nitrogens with one attached hydrogen (secondary N) is 1. The maximum absolute atomic E-state index is 4.39. The molecule has 0 aliphatic rings. The van der Waals surface area contributed by atoms with Crippen LogP contribution in [-0.2, 0) is 13.1 Å². The Hall–Kier alpha value is -2.27. The molecule has 3 aromatic heterocycles.